The molecule has 1 unspecified atom stereocenters. The van der Waals surface area contributed by atoms with Crippen LogP contribution >= 0.6 is 0 Å². The number of hydrogen-bond donors (Lipinski definition) is 0. The van der Waals surface area contributed by atoms with Crippen LogP contribution in [0.4, 0.5) is 0 Å². The van der Waals surface area contributed by atoms with E-state index in [1.54, 1.807) is 7.11 Å². The van der Waals surface area contributed by atoms with Crippen molar-refractivity contribution in [2.45, 2.75) is 19.9 Å². The highest BCUT2D eigenvalue weighted by Gasteiger charge is 2.09. The highest BCUT2D eigenvalue weighted by molar-refractivity contribution is 5.30. The van der Waals surface area contributed by atoms with E-state index in [-0.39, 0.29) is 6.04 Å². The molecule has 0 amide bonds. The van der Waals surface area contributed by atoms with E-state index in [4.69, 9.17) is 4.74 Å². The van der Waals surface area contributed by atoms with E-state index in [0.717, 1.165) is 11.6 Å². The first kappa shape index (κ1) is 10.7. The largest absolute Gasteiger partial charge is 0.497 e. The third kappa shape index (κ3) is 1.94. The minimum atomic E-state index is 0.276. The highest BCUT2D eigenvalue weighted by Crippen LogP contribution is 2.22. The molecule has 16 heavy (non-hydrogen) atoms. The lowest BCUT2D eigenvalue weighted by Gasteiger charge is -2.16. The molecule has 1 atom stereocenters. The highest BCUT2D eigenvalue weighted by atomic mass is 16.5. The Kier molecular flexibility index (Phi) is 2.95. The van der Waals surface area contributed by atoms with Gasteiger partial charge in [0.25, 0.3) is 0 Å². The fraction of sp³-hybridized carbons (Fsp3) is 0.308. The first-order chi connectivity index (χ1) is 7.72. The summed E-state index contributed by atoms with van der Waals surface area (Å²) in [6.45, 7) is 4.17. The predicted octanol–water partition coefficient (Wildman–Crippen LogP) is 2.81. The van der Waals surface area contributed by atoms with Crippen LogP contribution in [0.1, 0.15) is 24.4 Å². The summed E-state index contributed by atoms with van der Waals surface area (Å²) in [7, 11) is 1.69. The average Bonchev–Trinajstić information content (AvgIpc) is 2.74. The van der Waals surface area contributed by atoms with E-state index in [2.05, 4.69) is 28.6 Å². The average molecular weight is 216 g/mol. The molecule has 0 N–H and O–H groups in total. The third-order valence-electron chi connectivity index (χ3n) is 2.86. The van der Waals surface area contributed by atoms with Gasteiger partial charge in [0.05, 0.1) is 13.2 Å². The Hall–Kier alpha value is -1.77. The number of aromatic nitrogens is 2. The Morgan fingerprint density at radius 3 is 2.81 bits per heavy atom. The van der Waals surface area contributed by atoms with E-state index in [1.165, 1.54) is 5.56 Å². The van der Waals surface area contributed by atoms with Crippen LogP contribution in [0.25, 0.3) is 0 Å². The van der Waals surface area contributed by atoms with E-state index in [9.17, 15) is 0 Å². The predicted molar refractivity (Wildman–Crippen MR) is 63.8 cm³/mol. The van der Waals surface area contributed by atoms with E-state index >= 15 is 0 Å². The van der Waals surface area contributed by atoms with Gasteiger partial charge in [-0.25, -0.2) is 4.98 Å². The van der Waals surface area contributed by atoms with Crippen molar-refractivity contribution in [1.29, 1.82) is 0 Å². The fourth-order valence-electron chi connectivity index (χ4n) is 1.86. The summed E-state index contributed by atoms with van der Waals surface area (Å²) >= 11 is 0. The molecule has 2 aromatic rings. The van der Waals surface area contributed by atoms with Crippen molar-refractivity contribution >= 4 is 0 Å². The number of aryl methyl sites for hydroxylation is 1. The van der Waals surface area contributed by atoms with Crippen LogP contribution in [0.5, 0.6) is 5.75 Å². The molecular formula is C13H16N2O. The van der Waals surface area contributed by atoms with Crippen LogP contribution in [0, 0.1) is 6.92 Å². The second-order valence-electron chi connectivity index (χ2n) is 3.83. The molecule has 0 radical (unpaired) electrons. The van der Waals surface area contributed by atoms with Gasteiger partial charge in [-0.05, 0) is 31.5 Å². The molecule has 0 aliphatic rings. The second-order valence-corrected chi connectivity index (χ2v) is 3.83. The molecule has 0 fully saturated rings. The van der Waals surface area contributed by atoms with Crippen LogP contribution in [-0.4, -0.2) is 16.7 Å². The standard InChI is InChI=1S/C13H16N2O/c1-10(15-8-7-14-11(15)2)12-5-4-6-13(9-12)16-3/h4-10H,1-3H3. The Bertz CT molecular complexity index is 476. The molecule has 0 saturated heterocycles. The van der Waals surface area contributed by atoms with E-state index < -0.39 is 0 Å². The summed E-state index contributed by atoms with van der Waals surface area (Å²) in [6.07, 6.45) is 3.82. The number of imidazole rings is 1. The summed E-state index contributed by atoms with van der Waals surface area (Å²) in [5.41, 5.74) is 1.22. The fourth-order valence-corrected chi connectivity index (χ4v) is 1.86. The Morgan fingerprint density at radius 1 is 1.38 bits per heavy atom. The number of methoxy groups -OCH3 is 1. The Labute approximate surface area is 95.7 Å². The van der Waals surface area contributed by atoms with Gasteiger partial charge in [-0.15, -0.1) is 0 Å². The van der Waals surface area contributed by atoms with Gasteiger partial charge < -0.3 is 9.30 Å². The van der Waals surface area contributed by atoms with Crippen molar-refractivity contribution in [2.75, 3.05) is 7.11 Å². The minimum Gasteiger partial charge on any atom is -0.497 e. The molecular weight excluding hydrogens is 200 g/mol. The minimum absolute atomic E-state index is 0.276. The maximum Gasteiger partial charge on any atom is 0.119 e. The zero-order chi connectivity index (χ0) is 11.5. The van der Waals surface area contributed by atoms with Crippen LogP contribution in [0.15, 0.2) is 36.7 Å². The lowest BCUT2D eigenvalue weighted by molar-refractivity contribution is 0.413. The molecule has 1 heterocycles. The first-order valence-electron chi connectivity index (χ1n) is 5.35. The molecule has 0 aliphatic heterocycles. The maximum absolute atomic E-state index is 5.23. The molecule has 3 nitrogen and oxygen atoms in total. The number of hydrogen-bond acceptors (Lipinski definition) is 2. The summed E-state index contributed by atoms with van der Waals surface area (Å²) in [6, 6.07) is 8.41. The smallest absolute Gasteiger partial charge is 0.119 e. The molecule has 1 aromatic heterocycles. The number of nitrogens with zero attached hydrogens (tertiary/aromatic N) is 2. The molecule has 0 bridgehead atoms. The lowest BCUT2D eigenvalue weighted by atomic mass is 10.1. The zero-order valence-electron chi connectivity index (χ0n) is 9.84. The number of rotatable bonds is 3. The van der Waals surface area contributed by atoms with Gasteiger partial charge in [0.15, 0.2) is 0 Å². The van der Waals surface area contributed by atoms with Crippen molar-refractivity contribution < 1.29 is 4.74 Å². The monoisotopic (exact) mass is 216 g/mol. The van der Waals surface area contributed by atoms with Gasteiger partial charge in [0.1, 0.15) is 11.6 Å². The molecule has 84 valence electrons. The normalized spacial score (nSPS) is 12.4. The van der Waals surface area contributed by atoms with Crippen LogP contribution in [0.3, 0.4) is 0 Å². The van der Waals surface area contributed by atoms with Gasteiger partial charge in [-0.1, -0.05) is 12.1 Å². The van der Waals surface area contributed by atoms with Crippen LogP contribution in [0.2, 0.25) is 0 Å². The molecule has 0 spiro atoms. The first-order valence-corrected chi connectivity index (χ1v) is 5.35. The van der Waals surface area contributed by atoms with E-state index in [1.807, 2.05) is 31.5 Å². The lowest BCUT2D eigenvalue weighted by Crippen LogP contribution is -2.07. The number of ether oxygens (including phenoxy) is 1. The quantitative estimate of drug-likeness (QED) is 0.788. The SMILES string of the molecule is COc1cccc(C(C)n2ccnc2C)c1. The van der Waals surface area contributed by atoms with Gasteiger partial charge in [-0.3, -0.25) is 0 Å². The topological polar surface area (TPSA) is 27.1 Å². The van der Waals surface area contributed by atoms with Gasteiger partial charge >= 0.3 is 0 Å². The van der Waals surface area contributed by atoms with Crippen LogP contribution in [-0.2, 0) is 0 Å². The molecule has 3 heteroatoms. The number of benzene rings is 1. The molecule has 1 aromatic carbocycles. The van der Waals surface area contributed by atoms with Crippen molar-refractivity contribution in [3.05, 3.63) is 48.0 Å². The maximum atomic E-state index is 5.23. The summed E-state index contributed by atoms with van der Waals surface area (Å²) in [5, 5.41) is 0. The van der Waals surface area contributed by atoms with Gasteiger partial charge in [-0.2, -0.15) is 0 Å². The zero-order valence-corrected chi connectivity index (χ0v) is 9.84. The van der Waals surface area contributed by atoms with E-state index in [0.29, 0.717) is 0 Å². The summed E-state index contributed by atoms with van der Waals surface area (Å²) in [4.78, 5) is 4.24. The van der Waals surface area contributed by atoms with Crippen molar-refractivity contribution in [3.63, 3.8) is 0 Å². The summed E-state index contributed by atoms with van der Waals surface area (Å²) in [5.74, 6) is 1.91. The molecule has 0 saturated carbocycles. The second kappa shape index (κ2) is 4.39. The Morgan fingerprint density at radius 2 is 2.19 bits per heavy atom. The van der Waals surface area contributed by atoms with Crippen molar-refractivity contribution in [1.82, 2.24) is 9.55 Å². The van der Waals surface area contributed by atoms with Crippen molar-refractivity contribution in [2.24, 2.45) is 0 Å². The Balaban J connectivity index is 2.33. The molecule has 0 aliphatic carbocycles. The van der Waals surface area contributed by atoms with Crippen molar-refractivity contribution in [3.8, 4) is 5.75 Å². The third-order valence-corrected chi connectivity index (χ3v) is 2.86. The molecule has 2 rings (SSSR count). The summed E-state index contributed by atoms with van der Waals surface area (Å²) < 4.78 is 7.38. The van der Waals surface area contributed by atoms with Crippen LogP contribution < -0.4 is 4.74 Å². The van der Waals surface area contributed by atoms with Gasteiger partial charge in [0, 0.05) is 12.4 Å². The van der Waals surface area contributed by atoms with Gasteiger partial charge in [0.2, 0.25) is 0 Å².